The van der Waals surface area contributed by atoms with Gasteiger partial charge in [0.15, 0.2) is 0 Å². The SMILES string of the molecule is CN[C@@H](Cc1ccccc1CNC(C)=O)C(C)=O. The number of likely N-dealkylation sites (N-methyl/N-ethyl adjacent to an activating group) is 1. The third-order valence-corrected chi connectivity index (χ3v) is 2.91. The molecule has 0 saturated heterocycles. The van der Waals surface area contributed by atoms with Gasteiger partial charge in [-0.25, -0.2) is 0 Å². The Labute approximate surface area is 108 Å². The summed E-state index contributed by atoms with van der Waals surface area (Å²) in [5.74, 6) is 0.0633. The molecule has 0 bridgehead atoms. The van der Waals surface area contributed by atoms with Crippen LogP contribution < -0.4 is 10.6 Å². The monoisotopic (exact) mass is 248 g/mol. The number of Topliss-reactive ketones (excluding diaryl/α,β-unsaturated/α-hetero) is 1. The Kier molecular flexibility index (Phi) is 5.52. The fraction of sp³-hybridized carbons (Fsp3) is 0.429. The van der Waals surface area contributed by atoms with Gasteiger partial charge < -0.3 is 10.6 Å². The number of amides is 1. The highest BCUT2D eigenvalue weighted by Crippen LogP contribution is 2.11. The van der Waals surface area contributed by atoms with E-state index in [1.807, 2.05) is 24.3 Å². The Morgan fingerprint density at radius 3 is 2.28 bits per heavy atom. The molecule has 18 heavy (non-hydrogen) atoms. The molecule has 1 rings (SSSR count). The minimum absolute atomic E-state index is 0.0541. The van der Waals surface area contributed by atoms with E-state index in [0.29, 0.717) is 13.0 Å². The Morgan fingerprint density at radius 1 is 1.17 bits per heavy atom. The van der Waals surface area contributed by atoms with Crippen molar-refractivity contribution in [3.05, 3.63) is 35.4 Å². The summed E-state index contributed by atoms with van der Waals surface area (Å²) in [6.07, 6.45) is 0.640. The first-order chi connectivity index (χ1) is 8.54. The van der Waals surface area contributed by atoms with Crippen molar-refractivity contribution in [2.24, 2.45) is 0 Å². The molecule has 4 heteroatoms. The third kappa shape index (κ3) is 4.30. The number of carbonyl (C=O) groups is 2. The minimum atomic E-state index is -0.177. The van der Waals surface area contributed by atoms with Gasteiger partial charge in [-0.15, -0.1) is 0 Å². The van der Waals surface area contributed by atoms with Gasteiger partial charge in [-0.05, 0) is 31.5 Å². The summed E-state index contributed by atoms with van der Waals surface area (Å²) in [6.45, 7) is 3.58. The van der Waals surface area contributed by atoms with Crippen LogP contribution >= 0.6 is 0 Å². The highest BCUT2D eigenvalue weighted by atomic mass is 16.1. The topological polar surface area (TPSA) is 58.2 Å². The van der Waals surface area contributed by atoms with E-state index in [4.69, 9.17) is 0 Å². The quantitative estimate of drug-likeness (QED) is 0.791. The second-order valence-corrected chi connectivity index (χ2v) is 4.33. The van der Waals surface area contributed by atoms with Gasteiger partial charge >= 0.3 is 0 Å². The van der Waals surface area contributed by atoms with E-state index >= 15 is 0 Å². The number of hydrogen-bond acceptors (Lipinski definition) is 3. The van der Waals surface area contributed by atoms with Crippen LogP contribution in [0.2, 0.25) is 0 Å². The molecule has 0 fully saturated rings. The normalized spacial score (nSPS) is 11.9. The van der Waals surface area contributed by atoms with Crippen LogP contribution in [0.25, 0.3) is 0 Å². The molecule has 0 radical (unpaired) electrons. The molecule has 0 aliphatic carbocycles. The van der Waals surface area contributed by atoms with Crippen LogP contribution in [0.15, 0.2) is 24.3 Å². The molecule has 1 aromatic carbocycles. The number of nitrogens with one attached hydrogen (secondary N) is 2. The first-order valence-electron chi connectivity index (χ1n) is 6.03. The van der Waals surface area contributed by atoms with Crippen molar-refractivity contribution in [2.45, 2.75) is 32.9 Å². The van der Waals surface area contributed by atoms with Gasteiger partial charge in [0.1, 0.15) is 5.78 Å². The molecule has 1 aromatic rings. The predicted molar refractivity (Wildman–Crippen MR) is 71.2 cm³/mol. The van der Waals surface area contributed by atoms with Crippen molar-refractivity contribution >= 4 is 11.7 Å². The molecular weight excluding hydrogens is 228 g/mol. The van der Waals surface area contributed by atoms with Gasteiger partial charge in [-0.3, -0.25) is 9.59 Å². The zero-order valence-electron chi connectivity index (χ0n) is 11.1. The standard InChI is InChI=1S/C14H20N2O2/c1-10(17)14(15-3)8-12-6-4-5-7-13(12)9-16-11(2)18/h4-7,14-15H,8-9H2,1-3H3,(H,16,18)/t14-/m0/s1. The average molecular weight is 248 g/mol. The number of ketones is 1. The first kappa shape index (κ1) is 14.4. The maximum absolute atomic E-state index is 11.4. The molecule has 0 spiro atoms. The summed E-state index contributed by atoms with van der Waals surface area (Å²) < 4.78 is 0. The van der Waals surface area contributed by atoms with Crippen LogP contribution in [-0.4, -0.2) is 24.8 Å². The van der Waals surface area contributed by atoms with Gasteiger partial charge in [0.25, 0.3) is 0 Å². The highest BCUT2D eigenvalue weighted by molar-refractivity contribution is 5.81. The molecule has 0 aliphatic heterocycles. The zero-order valence-corrected chi connectivity index (χ0v) is 11.1. The van der Waals surface area contributed by atoms with Gasteiger partial charge in [0, 0.05) is 13.5 Å². The Morgan fingerprint density at radius 2 is 1.78 bits per heavy atom. The fourth-order valence-corrected chi connectivity index (χ4v) is 1.82. The van der Waals surface area contributed by atoms with E-state index in [2.05, 4.69) is 10.6 Å². The van der Waals surface area contributed by atoms with E-state index < -0.39 is 0 Å². The van der Waals surface area contributed by atoms with E-state index in [-0.39, 0.29) is 17.7 Å². The molecule has 98 valence electrons. The predicted octanol–water partition coefficient (Wildman–Crippen LogP) is 1.04. The largest absolute Gasteiger partial charge is 0.352 e. The lowest BCUT2D eigenvalue weighted by molar-refractivity contribution is -0.119. The van der Waals surface area contributed by atoms with Gasteiger partial charge in [0.05, 0.1) is 6.04 Å². The van der Waals surface area contributed by atoms with Crippen molar-refractivity contribution < 1.29 is 9.59 Å². The van der Waals surface area contributed by atoms with E-state index in [9.17, 15) is 9.59 Å². The zero-order chi connectivity index (χ0) is 13.5. The van der Waals surface area contributed by atoms with E-state index in [1.54, 1.807) is 14.0 Å². The smallest absolute Gasteiger partial charge is 0.217 e. The molecule has 0 aliphatic rings. The first-order valence-corrected chi connectivity index (χ1v) is 6.03. The Hall–Kier alpha value is -1.68. The summed E-state index contributed by atoms with van der Waals surface area (Å²) in [6, 6.07) is 7.66. The summed E-state index contributed by atoms with van der Waals surface area (Å²) in [7, 11) is 1.78. The van der Waals surface area contributed by atoms with Crippen molar-refractivity contribution in [3.8, 4) is 0 Å². The maximum Gasteiger partial charge on any atom is 0.217 e. The van der Waals surface area contributed by atoms with Crippen LogP contribution in [0, 0.1) is 0 Å². The molecule has 0 aromatic heterocycles. The van der Waals surface area contributed by atoms with Crippen molar-refractivity contribution in [1.29, 1.82) is 0 Å². The van der Waals surface area contributed by atoms with Crippen molar-refractivity contribution in [2.75, 3.05) is 7.05 Å². The van der Waals surface area contributed by atoms with Crippen molar-refractivity contribution in [3.63, 3.8) is 0 Å². The number of carbonyl (C=O) groups excluding carboxylic acids is 2. The number of hydrogen-bond donors (Lipinski definition) is 2. The summed E-state index contributed by atoms with van der Waals surface area (Å²) in [5.41, 5.74) is 2.13. The van der Waals surface area contributed by atoms with Crippen LogP contribution in [0.1, 0.15) is 25.0 Å². The molecule has 1 amide bonds. The summed E-state index contributed by atoms with van der Waals surface area (Å²) in [5, 5.41) is 5.78. The molecule has 0 heterocycles. The third-order valence-electron chi connectivity index (χ3n) is 2.91. The number of benzene rings is 1. The highest BCUT2D eigenvalue weighted by Gasteiger charge is 2.14. The van der Waals surface area contributed by atoms with Crippen molar-refractivity contribution in [1.82, 2.24) is 10.6 Å². The second kappa shape index (κ2) is 6.91. The van der Waals surface area contributed by atoms with Gasteiger partial charge in [-0.2, -0.15) is 0 Å². The van der Waals surface area contributed by atoms with Gasteiger partial charge in [-0.1, -0.05) is 24.3 Å². The lowest BCUT2D eigenvalue weighted by atomic mass is 9.98. The van der Waals surface area contributed by atoms with Crippen LogP contribution in [0.4, 0.5) is 0 Å². The molecule has 2 N–H and O–H groups in total. The second-order valence-electron chi connectivity index (χ2n) is 4.33. The summed E-state index contributed by atoms with van der Waals surface area (Å²) in [4.78, 5) is 22.4. The van der Waals surface area contributed by atoms with Gasteiger partial charge in [0.2, 0.25) is 5.91 Å². The lowest BCUT2D eigenvalue weighted by Crippen LogP contribution is -2.34. The number of rotatable bonds is 6. The molecule has 1 atom stereocenters. The minimum Gasteiger partial charge on any atom is -0.352 e. The molecule has 0 unspecified atom stereocenters. The Bertz CT molecular complexity index is 430. The molecular formula is C14H20N2O2. The maximum atomic E-state index is 11.4. The Balaban J connectivity index is 2.81. The fourth-order valence-electron chi connectivity index (χ4n) is 1.82. The average Bonchev–Trinajstić information content (AvgIpc) is 2.34. The van der Waals surface area contributed by atoms with Crippen LogP contribution in [-0.2, 0) is 22.6 Å². The lowest BCUT2D eigenvalue weighted by Gasteiger charge is -2.15. The van der Waals surface area contributed by atoms with Crippen LogP contribution in [0.3, 0.4) is 0 Å². The van der Waals surface area contributed by atoms with E-state index in [1.165, 1.54) is 6.92 Å². The molecule has 0 saturated carbocycles. The van der Waals surface area contributed by atoms with Crippen LogP contribution in [0.5, 0.6) is 0 Å². The van der Waals surface area contributed by atoms with E-state index in [0.717, 1.165) is 11.1 Å². The molecule has 4 nitrogen and oxygen atoms in total. The summed E-state index contributed by atoms with van der Waals surface area (Å²) >= 11 is 0.